The van der Waals surface area contributed by atoms with Gasteiger partial charge in [0, 0.05) is 11.1 Å². The van der Waals surface area contributed by atoms with Crippen molar-refractivity contribution in [2.45, 2.75) is 27.7 Å². The molecular formula is C20H20ClN3O4S. The van der Waals surface area contributed by atoms with Crippen molar-refractivity contribution >= 4 is 51.4 Å². The van der Waals surface area contributed by atoms with Crippen molar-refractivity contribution in [3.8, 4) is 6.07 Å². The number of nitriles is 1. The fraction of sp³-hybridized carbons (Fsp3) is 0.300. The number of carbonyl (C=O) groups is 3. The molecule has 2 aromatic rings. The van der Waals surface area contributed by atoms with Crippen molar-refractivity contribution in [3.05, 3.63) is 45.3 Å². The quantitative estimate of drug-likeness (QED) is 0.681. The number of nitrogens with one attached hydrogen (secondary N) is 2. The molecule has 0 bridgehead atoms. The van der Waals surface area contributed by atoms with Gasteiger partial charge in [0.05, 0.1) is 15.6 Å². The highest BCUT2D eigenvalue weighted by molar-refractivity contribution is 7.18. The van der Waals surface area contributed by atoms with E-state index in [1.54, 1.807) is 33.8 Å². The van der Waals surface area contributed by atoms with Crippen LogP contribution in [0.25, 0.3) is 0 Å². The number of nitrogens with zero attached hydrogens (tertiary/aromatic N) is 1. The van der Waals surface area contributed by atoms with Gasteiger partial charge in [0.2, 0.25) is 5.91 Å². The van der Waals surface area contributed by atoms with Crippen molar-refractivity contribution in [1.82, 2.24) is 0 Å². The largest absolute Gasteiger partial charge is 0.451 e. The number of carbonyl (C=O) groups excluding carboxylic acids is 3. The van der Waals surface area contributed by atoms with Crippen molar-refractivity contribution in [2.24, 2.45) is 5.41 Å². The number of rotatable bonds is 5. The monoisotopic (exact) mass is 433 g/mol. The molecule has 7 nitrogen and oxygen atoms in total. The number of esters is 1. The lowest BCUT2D eigenvalue weighted by Gasteiger charge is -2.16. The molecule has 9 heteroatoms. The zero-order valence-electron chi connectivity index (χ0n) is 16.4. The number of amides is 2. The Morgan fingerprint density at radius 2 is 1.90 bits per heavy atom. The van der Waals surface area contributed by atoms with E-state index in [0.29, 0.717) is 26.7 Å². The predicted octanol–water partition coefficient (Wildman–Crippen LogP) is 4.36. The summed E-state index contributed by atoms with van der Waals surface area (Å²) in [6, 6.07) is 8.05. The normalized spacial score (nSPS) is 10.8. The number of thiophene rings is 1. The molecule has 0 aliphatic rings. The van der Waals surface area contributed by atoms with Gasteiger partial charge in [-0.3, -0.25) is 9.59 Å². The fourth-order valence-electron chi connectivity index (χ4n) is 2.12. The first kappa shape index (κ1) is 22.4. The molecule has 0 atom stereocenters. The molecule has 152 valence electrons. The number of anilines is 2. The van der Waals surface area contributed by atoms with Crippen molar-refractivity contribution in [1.29, 1.82) is 5.26 Å². The number of hydrogen-bond acceptors (Lipinski definition) is 6. The minimum atomic E-state index is -0.656. The number of aryl methyl sites for hydroxylation is 1. The third-order valence-electron chi connectivity index (χ3n) is 3.73. The van der Waals surface area contributed by atoms with Crippen LogP contribution in [0.15, 0.2) is 24.3 Å². The van der Waals surface area contributed by atoms with Crippen LogP contribution in [0.1, 0.15) is 41.6 Å². The van der Waals surface area contributed by atoms with E-state index in [2.05, 4.69) is 10.6 Å². The van der Waals surface area contributed by atoms with Crippen molar-refractivity contribution < 1.29 is 19.1 Å². The van der Waals surface area contributed by atoms with E-state index in [9.17, 15) is 14.4 Å². The second-order valence-corrected chi connectivity index (χ2v) is 8.72. The Balaban J connectivity index is 1.95. The van der Waals surface area contributed by atoms with Crippen LogP contribution in [-0.4, -0.2) is 24.4 Å². The maximum atomic E-state index is 12.3. The smallest absolute Gasteiger partial charge is 0.349 e. The van der Waals surface area contributed by atoms with Crippen LogP contribution in [0.5, 0.6) is 0 Å². The molecule has 1 aromatic carbocycles. The molecule has 0 aliphatic carbocycles. The molecule has 0 saturated carbocycles. The molecule has 0 radical (unpaired) electrons. The summed E-state index contributed by atoms with van der Waals surface area (Å²) in [5.74, 6) is -1.37. The first-order valence-corrected chi connectivity index (χ1v) is 9.79. The summed E-state index contributed by atoms with van der Waals surface area (Å²) in [7, 11) is 0. The van der Waals surface area contributed by atoms with Crippen LogP contribution in [0.3, 0.4) is 0 Å². The Labute approximate surface area is 177 Å². The number of ether oxygens (including phenoxy) is 1. The lowest BCUT2D eigenvalue weighted by molar-refractivity contribution is -0.123. The van der Waals surface area contributed by atoms with Gasteiger partial charge >= 0.3 is 5.97 Å². The lowest BCUT2D eigenvalue weighted by atomic mass is 9.96. The van der Waals surface area contributed by atoms with Crippen molar-refractivity contribution in [3.63, 3.8) is 0 Å². The summed E-state index contributed by atoms with van der Waals surface area (Å²) in [6.45, 7) is 6.60. The lowest BCUT2D eigenvalue weighted by Crippen LogP contribution is -2.27. The maximum absolute atomic E-state index is 12.3. The summed E-state index contributed by atoms with van der Waals surface area (Å²) in [5, 5.41) is 14.9. The zero-order chi connectivity index (χ0) is 21.8. The molecule has 2 N–H and O–H groups in total. The van der Waals surface area contributed by atoms with Gasteiger partial charge < -0.3 is 15.4 Å². The first-order valence-electron chi connectivity index (χ1n) is 8.59. The Morgan fingerprint density at radius 3 is 2.48 bits per heavy atom. The third-order valence-corrected chi connectivity index (χ3v) is 5.17. The molecular weight excluding hydrogens is 414 g/mol. The van der Waals surface area contributed by atoms with Crippen LogP contribution in [0.4, 0.5) is 10.7 Å². The highest BCUT2D eigenvalue weighted by Crippen LogP contribution is 2.29. The SMILES string of the molecule is Cc1cc(NC(=O)C(C)(C)C)sc1C(=O)OCC(=O)Nc1ccc(C#N)c(Cl)c1. The minimum absolute atomic E-state index is 0.167. The van der Waals surface area contributed by atoms with E-state index >= 15 is 0 Å². The van der Waals surface area contributed by atoms with E-state index in [1.807, 2.05) is 6.07 Å². The van der Waals surface area contributed by atoms with Gasteiger partial charge in [-0.05, 0) is 36.8 Å². The summed E-state index contributed by atoms with van der Waals surface area (Å²) < 4.78 is 5.07. The van der Waals surface area contributed by atoms with Crippen LogP contribution in [-0.2, 0) is 14.3 Å². The van der Waals surface area contributed by atoms with E-state index in [-0.39, 0.29) is 10.9 Å². The average Bonchev–Trinajstić information content (AvgIpc) is 2.99. The van der Waals surface area contributed by atoms with E-state index in [4.69, 9.17) is 21.6 Å². The number of halogens is 1. The van der Waals surface area contributed by atoms with E-state index < -0.39 is 23.9 Å². The van der Waals surface area contributed by atoms with Gasteiger partial charge in [0.25, 0.3) is 5.91 Å². The fourth-order valence-corrected chi connectivity index (χ4v) is 3.31. The number of benzene rings is 1. The molecule has 0 saturated heterocycles. The zero-order valence-corrected chi connectivity index (χ0v) is 18.0. The highest BCUT2D eigenvalue weighted by Gasteiger charge is 2.23. The highest BCUT2D eigenvalue weighted by atomic mass is 35.5. The Kier molecular flexibility index (Phi) is 7.01. The molecule has 0 unspecified atom stereocenters. The summed E-state index contributed by atoms with van der Waals surface area (Å²) >= 11 is 7.00. The van der Waals surface area contributed by atoms with Gasteiger partial charge in [0.1, 0.15) is 10.9 Å². The van der Waals surface area contributed by atoms with Crippen LogP contribution in [0.2, 0.25) is 5.02 Å². The van der Waals surface area contributed by atoms with Gasteiger partial charge in [-0.25, -0.2) is 4.79 Å². The maximum Gasteiger partial charge on any atom is 0.349 e. The average molecular weight is 434 g/mol. The minimum Gasteiger partial charge on any atom is -0.451 e. The van der Waals surface area contributed by atoms with Gasteiger partial charge in [-0.1, -0.05) is 32.4 Å². The Bertz CT molecular complexity index is 1000. The topological polar surface area (TPSA) is 108 Å². The van der Waals surface area contributed by atoms with Gasteiger partial charge in [0.15, 0.2) is 6.61 Å². The van der Waals surface area contributed by atoms with Gasteiger partial charge in [-0.2, -0.15) is 5.26 Å². The second-order valence-electron chi connectivity index (χ2n) is 7.26. The standard InChI is InChI=1S/C20H20ClN3O4S/c1-11-7-16(24-19(27)20(2,3)4)29-17(11)18(26)28-10-15(25)23-13-6-5-12(9-22)14(21)8-13/h5-8H,10H2,1-4H3,(H,23,25)(H,24,27). The molecule has 0 aliphatic heterocycles. The third kappa shape index (κ3) is 6.04. The molecule has 1 aromatic heterocycles. The molecule has 0 fully saturated rings. The van der Waals surface area contributed by atoms with E-state index in [0.717, 1.165) is 11.3 Å². The van der Waals surface area contributed by atoms with Crippen LogP contribution < -0.4 is 10.6 Å². The Hall–Kier alpha value is -2.89. The summed E-state index contributed by atoms with van der Waals surface area (Å²) in [4.78, 5) is 36.7. The Morgan fingerprint density at radius 1 is 1.21 bits per heavy atom. The number of hydrogen-bond donors (Lipinski definition) is 2. The van der Waals surface area contributed by atoms with Gasteiger partial charge in [-0.15, -0.1) is 11.3 Å². The van der Waals surface area contributed by atoms with Crippen LogP contribution >= 0.6 is 22.9 Å². The predicted molar refractivity (Wildman–Crippen MR) is 112 cm³/mol. The second kappa shape index (κ2) is 9.07. The van der Waals surface area contributed by atoms with Crippen LogP contribution in [0, 0.1) is 23.7 Å². The molecule has 0 spiro atoms. The summed E-state index contributed by atoms with van der Waals surface area (Å²) in [6.07, 6.45) is 0. The summed E-state index contributed by atoms with van der Waals surface area (Å²) in [5.41, 5.74) is 0.752. The molecule has 29 heavy (non-hydrogen) atoms. The molecule has 1 heterocycles. The molecule has 2 amide bonds. The van der Waals surface area contributed by atoms with E-state index in [1.165, 1.54) is 18.2 Å². The molecule has 2 rings (SSSR count). The van der Waals surface area contributed by atoms with Crippen molar-refractivity contribution in [2.75, 3.05) is 17.2 Å². The first-order chi connectivity index (χ1) is 13.5.